The SMILES string of the molecule is [2H]/C(=C\C(F)(F)F)C([2H])([2H])[2H]. The smallest absolute Gasteiger partial charge is 0.167 e. The van der Waals surface area contributed by atoms with Gasteiger partial charge in [0.05, 0.1) is 1.37 Å². The predicted molar refractivity (Wildman–Crippen MR) is 20.9 cm³/mol. The molecule has 0 spiro atoms. The Balaban J connectivity index is 4.49. The number of alkyl halides is 3. The van der Waals surface area contributed by atoms with Gasteiger partial charge in [-0.2, -0.15) is 13.2 Å². The van der Waals surface area contributed by atoms with E-state index >= 15 is 0 Å². The van der Waals surface area contributed by atoms with Gasteiger partial charge in [-0.1, -0.05) is 6.05 Å². The molecule has 0 saturated heterocycles. The summed E-state index contributed by atoms with van der Waals surface area (Å²) in [5.41, 5.74) is 0. The van der Waals surface area contributed by atoms with Gasteiger partial charge in [0.2, 0.25) is 0 Å². The Labute approximate surface area is 45.3 Å². The van der Waals surface area contributed by atoms with Gasteiger partial charge in [-0.25, -0.2) is 0 Å². The molecule has 0 atom stereocenters. The molecule has 0 N–H and O–H groups in total. The molecule has 0 aliphatic heterocycles. The minimum atomic E-state index is -4.73. The van der Waals surface area contributed by atoms with Crippen LogP contribution >= 0.6 is 0 Å². The van der Waals surface area contributed by atoms with Gasteiger partial charge in [-0.05, 0) is 6.85 Å². The number of halogens is 3. The Bertz CT molecular complexity index is 165. The second kappa shape index (κ2) is 2.00. The van der Waals surface area contributed by atoms with Crippen LogP contribution in [-0.4, -0.2) is 6.18 Å². The van der Waals surface area contributed by atoms with E-state index in [0.717, 1.165) is 0 Å². The van der Waals surface area contributed by atoms with Gasteiger partial charge in [0.1, 0.15) is 0 Å². The quantitative estimate of drug-likeness (QED) is 0.423. The molecule has 0 saturated carbocycles. The summed E-state index contributed by atoms with van der Waals surface area (Å²) in [4.78, 5) is 0. The number of allylic oxidation sites excluding steroid dienone is 2. The predicted octanol–water partition coefficient (Wildman–Crippen LogP) is 2.12. The molecule has 0 aliphatic rings. The molecule has 3 heteroatoms. The van der Waals surface area contributed by atoms with E-state index in [2.05, 4.69) is 0 Å². The van der Waals surface area contributed by atoms with Crippen LogP contribution < -0.4 is 0 Å². The van der Waals surface area contributed by atoms with Gasteiger partial charge < -0.3 is 0 Å². The highest BCUT2D eigenvalue weighted by molar-refractivity contribution is 4.84. The van der Waals surface area contributed by atoms with Crippen LogP contribution in [0.2, 0.25) is 0 Å². The van der Waals surface area contributed by atoms with Crippen molar-refractivity contribution < 1.29 is 18.7 Å². The Hall–Kier alpha value is -0.470. The van der Waals surface area contributed by atoms with E-state index in [0.29, 0.717) is 0 Å². The van der Waals surface area contributed by atoms with Crippen molar-refractivity contribution in [2.75, 3.05) is 0 Å². The highest BCUT2D eigenvalue weighted by Gasteiger charge is 2.20. The van der Waals surface area contributed by atoms with E-state index in [1.54, 1.807) is 0 Å². The first-order chi connectivity index (χ1) is 4.63. The average Bonchev–Trinajstić information content (AvgIpc) is 1.56. The van der Waals surface area contributed by atoms with Crippen LogP contribution in [0.3, 0.4) is 0 Å². The lowest BCUT2D eigenvalue weighted by Gasteiger charge is -1.93. The molecule has 0 aromatic carbocycles. The lowest BCUT2D eigenvalue weighted by atomic mass is 10.5. The fraction of sp³-hybridized carbons (Fsp3) is 0.500. The zero-order chi connectivity index (χ0) is 9.28. The summed E-state index contributed by atoms with van der Waals surface area (Å²) >= 11 is 0. The molecule has 0 bridgehead atoms. The van der Waals surface area contributed by atoms with Gasteiger partial charge >= 0.3 is 6.18 Å². The van der Waals surface area contributed by atoms with Crippen molar-refractivity contribution in [1.29, 1.82) is 0 Å². The van der Waals surface area contributed by atoms with E-state index in [4.69, 9.17) is 5.48 Å². The third-order valence-corrected chi connectivity index (χ3v) is 0.236. The van der Waals surface area contributed by atoms with Gasteiger partial charge in [0, 0.05) is 10.2 Å². The minimum absolute atomic E-state index is 0.542. The Morgan fingerprint density at radius 2 is 2.29 bits per heavy atom. The molecule has 7 heavy (non-hydrogen) atoms. The normalized spacial score (nSPS) is 24.7. The molecule has 0 fully saturated rings. The van der Waals surface area contributed by atoms with Crippen molar-refractivity contribution in [3.63, 3.8) is 0 Å². The number of rotatable bonds is 0. The molecule has 0 rings (SSSR count). The molecule has 0 amide bonds. The lowest BCUT2D eigenvalue weighted by Crippen LogP contribution is -1.99. The van der Waals surface area contributed by atoms with Gasteiger partial charge in [0.25, 0.3) is 0 Å². The maximum Gasteiger partial charge on any atom is 0.409 e. The maximum atomic E-state index is 11.4. The van der Waals surface area contributed by atoms with Crippen LogP contribution in [0.4, 0.5) is 13.2 Å². The van der Waals surface area contributed by atoms with Crippen LogP contribution in [0.1, 0.15) is 12.3 Å². The average molecular weight is 114 g/mol. The van der Waals surface area contributed by atoms with E-state index in [1.807, 2.05) is 0 Å². The van der Waals surface area contributed by atoms with Crippen molar-refractivity contribution in [1.82, 2.24) is 0 Å². The molecule has 0 aromatic rings. The van der Waals surface area contributed by atoms with Gasteiger partial charge in [0.15, 0.2) is 0 Å². The van der Waals surface area contributed by atoms with Crippen molar-refractivity contribution >= 4 is 0 Å². The standard InChI is InChI=1S/C4H5F3/c1-2-3-4(5,6)7/h2-3H,1H3/b3-2+/i1D3,2D. The molecule has 0 aliphatic carbocycles. The van der Waals surface area contributed by atoms with E-state index in [1.165, 1.54) is 0 Å². The van der Waals surface area contributed by atoms with E-state index in [-0.39, 0.29) is 0 Å². The van der Waals surface area contributed by atoms with Crippen LogP contribution in [-0.2, 0) is 0 Å². The van der Waals surface area contributed by atoms with Crippen LogP contribution in [0, 0.1) is 0 Å². The van der Waals surface area contributed by atoms with Crippen LogP contribution in [0.5, 0.6) is 0 Å². The highest BCUT2D eigenvalue weighted by atomic mass is 19.4. The topological polar surface area (TPSA) is 0 Å². The Morgan fingerprint density at radius 1 is 1.71 bits per heavy atom. The maximum absolute atomic E-state index is 11.4. The molecular formula is C4H5F3. The summed E-state index contributed by atoms with van der Waals surface area (Å²) in [6.45, 7) is -2.98. The number of hydrogen-bond acceptors (Lipinski definition) is 0. The number of hydrogen-bond donors (Lipinski definition) is 0. The lowest BCUT2D eigenvalue weighted by molar-refractivity contribution is -0.0799. The second-order valence-electron chi connectivity index (χ2n) is 0.830. The van der Waals surface area contributed by atoms with Gasteiger partial charge in [-0.15, -0.1) is 0 Å². The molecule has 42 valence electrons. The van der Waals surface area contributed by atoms with Crippen LogP contribution in [0.25, 0.3) is 0 Å². The fourth-order valence-corrected chi connectivity index (χ4v) is 0.0818. The molecule has 0 heterocycles. The van der Waals surface area contributed by atoms with Crippen LogP contribution in [0.15, 0.2) is 12.1 Å². The molecule has 0 unspecified atom stereocenters. The minimum Gasteiger partial charge on any atom is -0.167 e. The van der Waals surface area contributed by atoms with E-state index < -0.39 is 25.2 Å². The Morgan fingerprint density at radius 3 is 2.43 bits per heavy atom. The van der Waals surface area contributed by atoms with E-state index in [9.17, 15) is 13.2 Å². The Kier molecular flexibility index (Phi) is 0.629. The summed E-state index contributed by atoms with van der Waals surface area (Å²) < 4.78 is 59.8. The zero-order valence-corrected chi connectivity index (χ0v) is 3.21. The summed E-state index contributed by atoms with van der Waals surface area (Å²) in [6, 6.07) is -1.40. The fourth-order valence-electron chi connectivity index (χ4n) is 0.0818. The zero-order valence-electron chi connectivity index (χ0n) is 7.21. The molecular weight excluding hydrogens is 105 g/mol. The molecule has 0 aromatic heterocycles. The largest absolute Gasteiger partial charge is 0.409 e. The summed E-state index contributed by atoms with van der Waals surface area (Å²) in [5.74, 6) is 0. The molecule has 0 radical (unpaired) electrons. The highest BCUT2D eigenvalue weighted by Crippen LogP contribution is 2.15. The van der Waals surface area contributed by atoms with Crippen molar-refractivity contribution in [3.05, 3.63) is 12.1 Å². The first-order valence-electron chi connectivity index (χ1n) is 3.39. The van der Waals surface area contributed by atoms with Gasteiger partial charge in [-0.3, -0.25) is 0 Å². The first-order valence-corrected chi connectivity index (χ1v) is 1.39. The van der Waals surface area contributed by atoms with Crippen molar-refractivity contribution in [2.24, 2.45) is 0 Å². The summed E-state index contributed by atoms with van der Waals surface area (Å²) in [5, 5.41) is 0. The third-order valence-electron chi connectivity index (χ3n) is 0.236. The summed E-state index contributed by atoms with van der Waals surface area (Å²) in [6.07, 6.45) is -5.27. The van der Waals surface area contributed by atoms with Crippen molar-refractivity contribution in [2.45, 2.75) is 13.0 Å². The summed E-state index contributed by atoms with van der Waals surface area (Å²) in [7, 11) is 0. The van der Waals surface area contributed by atoms with Crippen molar-refractivity contribution in [3.8, 4) is 0 Å². The second-order valence-corrected chi connectivity index (χ2v) is 0.830. The third kappa shape index (κ3) is 5.53. The monoisotopic (exact) mass is 114 g/mol. The molecule has 0 nitrogen and oxygen atoms in total. The first kappa shape index (κ1) is 2.20.